The van der Waals surface area contributed by atoms with Crippen LogP contribution in [-0.2, 0) is 0 Å². The summed E-state index contributed by atoms with van der Waals surface area (Å²) in [5.74, 6) is 1.70. The molecule has 4 aliphatic rings. The van der Waals surface area contributed by atoms with Crippen molar-refractivity contribution in [3.8, 4) is 33.8 Å². The van der Waals surface area contributed by atoms with Crippen molar-refractivity contribution in [3.05, 3.63) is 87.7 Å². The third kappa shape index (κ3) is 4.16. The minimum atomic E-state index is -0.589. The van der Waals surface area contributed by atoms with Gasteiger partial charge in [0.05, 0.1) is 24.0 Å². The Kier molecular flexibility index (Phi) is 5.38. The quantitative estimate of drug-likeness (QED) is 0.271. The second-order valence-electron chi connectivity index (χ2n) is 12.0. The molecular weight excluding hydrogens is 571 g/mol. The number of pyridine rings is 1. The number of fused-ring (bicyclic) bond motifs is 4. The number of aromatic amines is 1. The molecule has 2 aliphatic carbocycles. The molecule has 3 aromatic heterocycles. The van der Waals surface area contributed by atoms with Gasteiger partial charge in [-0.3, -0.25) is 4.79 Å². The van der Waals surface area contributed by atoms with Gasteiger partial charge < -0.3 is 19.6 Å². The average Bonchev–Trinajstić information content (AvgIpc) is 3.84. The molecule has 2 N–H and O–H groups in total. The minimum absolute atomic E-state index is 0.117. The van der Waals surface area contributed by atoms with E-state index in [1.54, 1.807) is 27.4 Å². The number of tetrazole rings is 1. The van der Waals surface area contributed by atoms with Gasteiger partial charge in [0.1, 0.15) is 29.7 Å². The molecule has 0 bridgehead atoms. The smallest absolute Gasteiger partial charge is 0.252 e. The first-order valence-corrected chi connectivity index (χ1v) is 15.0. The monoisotopic (exact) mass is 596 g/mol. The number of H-pyrrole nitrogens is 1. The van der Waals surface area contributed by atoms with Crippen LogP contribution in [0.3, 0.4) is 0 Å². The lowest BCUT2D eigenvalue weighted by Crippen LogP contribution is -2.31. The summed E-state index contributed by atoms with van der Waals surface area (Å²) in [4.78, 5) is 21.3. The fourth-order valence-electron chi connectivity index (χ4n) is 6.89. The number of nitrogens with zero attached hydrogens (tertiary/aromatic N) is 6. The van der Waals surface area contributed by atoms with Crippen molar-refractivity contribution in [3.63, 3.8) is 0 Å². The van der Waals surface area contributed by atoms with Crippen LogP contribution in [0.2, 0.25) is 5.02 Å². The molecule has 0 spiro atoms. The highest BCUT2D eigenvalue weighted by Crippen LogP contribution is 2.60. The van der Waals surface area contributed by atoms with Crippen molar-refractivity contribution >= 4 is 17.3 Å². The summed E-state index contributed by atoms with van der Waals surface area (Å²) >= 11 is 6.36. The molecule has 9 rings (SSSR count). The molecule has 5 heterocycles. The zero-order chi connectivity index (χ0) is 28.8. The van der Waals surface area contributed by atoms with Gasteiger partial charge >= 0.3 is 0 Å². The molecule has 0 amide bonds. The van der Waals surface area contributed by atoms with Crippen LogP contribution >= 0.6 is 11.6 Å². The number of benzene rings is 2. The molecule has 2 fully saturated rings. The van der Waals surface area contributed by atoms with Crippen molar-refractivity contribution in [1.82, 2.24) is 34.7 Å². The van der Waals surface area contributed by atoms with E-state index in [9.17, 15) is 4.79 Å². The SMILES string of the molecule is O=c1cc(-c2cc(Cl)ccc2-n2cnnn2)cc2n1C(c1nc(F)c(-c3ccc4c(c3)OC(CC3CC3)CN4)[nH]1)C1CC21. The van der Waals surface area contributed by atoms with Gasteiger partial charge in [-0.2, -0.15) is 9.07 Å². The second-order valence-corrected chi connectivity index (χ2v) is 12.5. The minimum Gasteiger partial charge on any atom is -0.486 e. The van der Waals surface area contributed by atoms with Gasteiger partial charge in [-0.25, -0.2) is 4.98 Å². The first-order valence-electron chi connectivity index (χ1n) is 14.6. The number of anilines is 1. The number of nitrogens with one attached hydrogen (secondary N) is 2. The van der Waals surface area contributed by atoms with Gasteiger partial charge in [0.25, 0.3) is 5.56 Å². The van der Waals surface area contributed by atoms with Gasteiger partial charge in [-0.15, -0.1) is 5.10 Å². The summed E-state index contributed by atoms with van der Waals surface area (Å²) in [5.41, 5.74) is 4.78. The molecule has 2 aliphatic heterocycles. The normalized spacial score (nSPS) is 23.2. The fraction of sp³-hybridized carbons (Fsp3) is 0.323. The molecule has 4 atom stereocenters. The van der Waals surface area contributed by atoms with E-state index in [1.807, 2.05) is 30.3 Å². The van der Waals surface area contributed by atoms with E-state index in [1.165, 1.54) is 19.2 Å². The Hall–Kier alpha value is -4.51. The lowest BCUT2D eigenvalue weighted by molar-refractivity contribution is 0.188. The molecule has 12 heteroatoms. The van der Waals surface area contributed by atoms with Crippen molar-refractivity contribution in [2.75, 3.05) is 11.9 Å². The highest BCUT2D eigenvalue weighted by molar-refractivity contribution is 6.31. The van der Waals surface area contributed by atoms with Crippen molar-refractivity contribution in [1.29, 1.82) is 0 Å². The largest absolute Gasteiger partial charge is 0.486 e. The van der Waals surface area contributed by atoms with Crippen LogP contribution in [0.1, 0.15) is 49.2 Å². The van der Waals surface area contributed by atoms with Gasteiger partial charge in [0, 0.05) is 33.8 Å². The third-order valence-corrected chi connectivity index (χ3v) is 9.44. The van der Waals surface area contributed by atoms with Crippen LogP contribution in [0.25, 0.3) is 28.1 Å². The summed E-state index contributed by atoms with van der Waals surface area (Å²) in [6, 6.07) is 14.3. The summed E-state index contributed by atoms with van der Waals surface area (Å²) in [6.07, 6.45) is 6.10. The second kappa shape index (κ2) is 9.24. The zero-order valence-corrected chi connectivity index (χ0v) is 23.6. The Morgan fingerprint density at radius 1 is 1.09 bits per heavy atom. The van der Waals surface area contributed by atoms with E-state index in [0.717, 1.165) is 53.6 Å². The van der Waals surface area contributed by atoms with Crippen LogP contribution in [-0.4, -0.2) is 47.4 Å². The van der Waals surface area contributed by atoms with Crippen LogP contribution in [0.15, 0.2) is 59.7 Å². The summed E-state index contributed by atoms with van der Waals surface area (Å²) in [6.45, 7) is 0.780. The summed E-state index contributed by atoms with van der Waals surface area (Å²) < 4.78 is 25.0. The average molecular weight is 597 g/mol. The van der Waals surface area contributed by atoms with Gasteiger partial charge in [0.15, 0.2) is 0 Å². The van der Waals surface area contributed by atoms with Crippen LogP contribution in [0, 0.1) is 17.8 Å². The van der Waals surface area contributed by atoms with Gasteiger partial charge in [-0.1, -0.05) is 30.5 Å². The maximum Gasteiger partial charge on any atom is 0.252 e. The Bertz CT molecular complexity index is 1970. The molecule has 216 valence electrons. The number of imidazole rings is 1. The molecule has 2 aromatic carbocycles. The predicted octanol–water partition coefficient (Wildman–Crippen LogP) is 5.35. The molecule has 0 saturated heterocycles. The van der Waals surface area contributed by atoms with Crippen molar-refractivity contribution < 1.29 is 9.13 Å². The maximum absolute atomic E-state index is 15.4. The van der Waals surface area contributed by atoms with E-state index in [2.05, 4.69) is 30.8 Å². The molecule has 2 saturated carbocycles. The first-order chi connectivity index (χ1) is 21.0. The van der Waals surface area contributed by atoms with Crippen molar-refractivity contribution in [2.24, 2.45) is 11.8 Å². The van der Waals surface area contributed by atoms with E-state index in [4.69, 9.17) is 16.3 Å². The number of hydrogen-bond acceptors (Lipinski definition) is 7. The number of halogens is 2. The molecule has 5 aromatic rings. The topological polar surface area (TPSA) is 116 Å². The first kappa shape index (κ1) is 25.0. The predicted molar refractivity (Wildman–Crippen MR) is 157 cm³/mol. The Morgan fingerprint density at radius 2 is 2.00 bits per heavy atom. The summed E-state index contributed by atoms with van der Waals surface area (Å²) in [7, 11) is 0. The molecule has 4 unspecified atom stereocenters. The molecular formula is C31H26ClFN8O2. The maximum atomic E-state index is 15.4. The Labute approximate surface area is 249 Å². The van der Waals surface area contributed by atoms with Gasteiger partial charge in [0.2, 0.25) is 5.95 Å². The van der Waals surface area contributed by atoms with Gasteiger partial charge in [-0.05, 0) is 77.1 Å². The lowest BCUT2D eigenvalue weighted by Gasteiger charge is -2.27. The van der Waals surface area contributed by atoms with Crippen molar-refractivity contribution in [2.45, 2.75) is 43.7 Å². The number of hydrogen-bond donors (Lipinski definition) is 2. The third-order valence-electron chi connectivity index (χ3n) is 9.20. The lowest BCUT2D eigenvalue weighted by atomic mass is 10.0. The molecule has 0 radical (unpaired) electrons. The fourth-order valence-corrected chi connectivity index (χ4v) is 7.07. The Morgan fingerprint density at radius 3 is 2.84 bits per heavy atom. The zero-order valence-electron chi connectivity index (χ0n) is 22.9. The van der Waals surface area contributed by atoms with E-state index in [0.29, 0.717) is 27.8 Å². The van der Waals surface area contributed by atoms with Crippen LogP contribution in [0.5, 0.6) is 5.75 Å². The highest BCUT2D eigenvalue weighted by atomic mass is 35.5. The van der Waals surface area contributed by atoms with E-state index >= 15 is 4.39 Å². The van der Waals surface area contributed by atoms with Crippen LogP contribution < -0.4 is 15.6 Å². The highest BCUT2D eigenvalue weighted by Gasteiger charge is 2.54. The number of ether oxygens (including phenoxy) is 1. The number of rotatable bonds is 6. The number of aromatic nitrogens is 7. The summed E-state index contributed by atoms with van der Waals surface area (Å²) in [5, 5.41) is 15.5. The van der Waals surface area contributed by atoms with E-state index in [-0.39, 0.29) is 29.5 Å². The Balaban J connectivity index is 1.06. The standard InChI is InChI=1S/C31H26ClFN8O2/c32-18-4-6-24(40-14-35-38-39-40)20(11-18)17-8-25-21-12-22(21)29(41(25)27(42)10-17)31-36-28(30(33)37-31)16-3-5-23-26(9-16)43-19(13-34-23)7-15-1-2-15/h3-6,8-11,14-15,19,21-22,29,34H,1-2,7,12-13H2,(H,36,37). The van der Waals surface area contributed by atoms with E-state index < -0.39 is 5.95 Å². The molecule has 10 nitrogen and oxygen atoms in total. The van der Waals surface area contributed by atoms with Crippen LogP contribution in [0.4, 0.5) is 10.1 Å². The molecule has 43 heavy (non-hydrogen) atoms.